The Labute approximate surface area is 122 Å². The standard InChI is InChI=1S/C16H15FN4/c1-18-16(12-9-13(17)11-19-10-12)15-7-8-20-21(15)14-5-3-2-4-6-14/h2-11,16,18H,1H3. The van der Waals surface area contributed by atoms with Crippen LogP contribution < -0.4 is 5.32 Å². The largest absolute Gasteiger partial charge is 0.308 e. The first-order valence-corrected chi connectivity index (χ1v) is 6.66. The molecule has 1 atom stereocenters. The van der Waals surface area contributed by atoms with Crippen molar-refractivity contribution >= 4 is 0 Å². The molecule has 0 radical (unpaired) electrons. The predicted octanol–water partition coefficient (Wildman–Crippen LogP) is 2.72. The van der Waals surface area contributed by atoms with Crippen LogP contribution in [0.5, 0.6) is 0 Å². The van der Waals surface area contributed by atoms with E-state index >= 15 is 0 Å². The first-order chi connectivity index (χ1) is 10.3. The summed E-state index contributed by atoms with van der Waals surface area (Å²) in [6.45, 7) is 0. The van der Waals surface area contributed by atoms with E-state index in [-0.39, 0.29) is 11.9 Å². The third-order valence-corrected chi connectivity index (χ3v) is 3.32. The predicted molar refractivity (Wildman–Crippen MR) is 78.7 cm³/mol. The topological polar surface area (TPSA) is 42.7 Å². The molecule has 0 fully saturated rings. The zero-order valence-corrected chi connectivity index (χ0v) is 11.6. The van der Waals surface area contributed by atoms with Gasteiger partial charge in [0.1, 0.15) is 5.82 Å². The Balaban J connectivity index is 2.05. The monoisotopic (exact) mass is 282 g/mol. The van der Waals surface area contributed by atoms with Crippen molar-refractivity contribution in [2.45, 2.75) is 6.04 Å². The summed E-state index contributed by atoms with van der Waals surface area (Å²) in [6, 6.07) is 13.0. The van der Waals surface area contributed by atoms with Crippen LogP contribution >= 0.6 is 0 Å². The van der Waals surface area contributed by atoms with Crippen LogP contribution in [0.1, 0.15) is 17.3 Å². The molecule has 0 aliphatic carbocycles. The zero-order chi connectivity index (χ0) is 14.7. The van der Waals surface area contributed by atoms with Crippen molar-refractivity contribution in [1.29, 1.82) is 0 Å². The van der Waals surface area contributed by atoms with Gasteiger partial charge in [-0.25, -0.2) is 9.07 Å². The van der Waals surface area contributed by atoms with Gasteiger partial charge in [0.2, 0.25) is 0 Å². The Morgan fingerprint density at radius 2 is 1.95 bits per heavy atom. The molecule has 3 rings (SSSR count). The van der Waals surface area contributed by atoms with Crippen molar-refractivity contribution < 1.29 is 4.39 Å². The van der Waals surface area contributed by atoms with Crippen LogP contribution in [0.4, 0.5) is 4.39 Å². The summed E-state index contributed by atoms with van der Waals surface area (Å²) in [5.41, 5.74) is 2.65. The van der Waals surface area contributed by atoms with Gasteiger partial charge < -0.3 is 5.32 Å². The van der Waals surface area contributed by atoms with Gasteiger partial charge in [-0.3, -0.25) is 4.98 Å². The highest BCUT2D eigenvalue weighted by molar-refractivity contribution is 5.35. The number of nitrogens with one attached hydrogen (secondary N) is 1. The Morgan fingerprint density at radius 3 is 2.67 bits per heavy atom. The second-order valence-corrected chi connectivity index (χ2v) is 4.66. The van der Waals surface area contributed by atoms with E-state index in [1.807, 2.05) is 48.1 Å². The molecule has 0 aliphatic rings. The fraction of sp³-hybridized carbons (Fsp3) is 0.125. The molecule has 0 amide bonds. The minimum atomic E-state index is -0.349. The third-order valence-electron chi connectivity index (χ3n) is 3.32. The lowest BCUT2D eigenvalue weighted by Crippen LogP contribution is -2.21. The molecule has 1 N–H and O–H groups in total. The molecule has 2 heterocycles. The third kappa shape index (κ3) is 2.68. The number of aromatic nitrogens is 3. The molecule has 3 aromatic rings. The minimum absolute atomic E-state index is 0.184. The van der Waals surface area contributed by atoms with E-state index in [1.165, 1.54) is 12.3 Å². The Kier molecular flexibility index (Phi) is 3.75. The molecule has 0 saturated carbocycles. The molecule has 21 heavy (non-hydrogen) atoms. The zero-order valence-electron chi connectivity index (χ0n) is 11.6. The summed E-state index contributed by atoms with van der Waals surface area (Å²) in [6.07, 6.45) is 4.59. The number of para-hydroxylation sites is 1. The number of hydrogen-bond acceptors (Lipinski definition) is 3. The maximum atomic E-state index is 13.4. The fourth-order valence-corrected chi connectivity index (χ4v) is 2.39. The van der Waals surface area contributed by atoms with E-state index in [4.69, 9.17) is 0 Å². The lowest BCUT2D eigenvalue weighted by Gasteiger charge is -2.18. The van der Waals surface area contributed by atoms with Gasteiger partial charge in [0.25, 0.3) is 0 Å². The maximum absolute atomic E-state index is 13.4. The number of halogens is 1. The highest BCUT2D eigenvalue weighted by atomic mass is 19.1. The normalized spacial score (nSPS) is 12.3. The van der Waals surface area contributed by atoms with E-state index in [9.17, 15) is 4.39 Å². The van der Waals surface area contributed by atoms with Gasteiger partial charge in [-0.1, -0.05) is 18.2 Å². The summed E-state index contributed by atoms with van der Waals surface area (Å²) in [7, 11) is 1.83. The molecule has 1 unspecified atom stereocenters. The molecule has 5 heteroatoms. The Hall–Kier alpha value is -2.53. The number of rotatable bonds is 4. The Morgan fingerprint density at radius 1 is 1.14 bits per heavy atom. The van der Waals surface area contributed by atoms with Crippen molar-refractivity contribution in [1.82, 2.24) is 20.1 Å². The molecule has 1 aromatic carbocycles. The molecule has 0 bridgehead atoms. The average molecular weight is 282 g/mol. The highest BCUT2D eigenvalue weighted by Crippen LogP contribution is 2.23. The molecule has 106 valence electrons. The quantitative estimate of drug-likeness (QED) is 0.800. The van der Waals surface area contributed by atoms with Gasteiger partial charge in [-0.15, -0.1) is 0 Å². The highest BCUT2D eigenvalue weighted by Gasteiger charge is 2.18. The minimum Gasteiger partial charge on any atom is -0.308 e. The van der Waals surface area contributed by atoms with Gasteiger partial charge >= 0.3 is 0 Å². The van der Waals surface area contributed by atoms with Gasteiger partial charge in [-0.2, -0.15) is 5.10 Å². The summed E-state index contributed by atoms with van der Waals surface area (Å²) in [4.78, 5) is 3.92. The molecule has 0 aliphatic heterocycles. The lowest BCUT2D eigenvalue weighted by molar-refractivity contribution is 0.599. The SMILES string of the molecule is CNC(c1cncc(F)c1)c1ccnn1-c1ccccc1. The Bertz CT molecular complexity index is 724. The second kappa shape index (κ2) is 5.85. The van der Waals surface area contributed by atoms with Crippen LogP contribution in [0.25, 0.3) is 5.69 Å². The van der Waals surface area contributed by atoms with E-state index in [0.717, 1.165) is 16.9 Å². The van der Waals surface area contributed by atoms with Gasteiger partial charge in [0, 0.05) is 12.4 Å². The molecule has 0 saturated heterocycles. The first-order valence-electron chi connectivity index (χ1n) is 6.66. The molecule has 4 nitrogen and oxygen atoms in total. The number of hydrogen-bond donors (Lipinski definition) is 1. The van der Waals surface area contributed by atoms with Crippen LogP contribution in [0.3, 0.4) is 0 Å². The number of benzene rings is 1. The van der Waals surface area contributed by atoms with Crippen LogP contribution in [-0.2, 0) is 0 Å². The molecular weight excluding hydrogens is 267 g/mol. The summed E-state index contributed by atoms with van der Waals surface area (Å²) < 4.78 is 15.3. The van der Waals surface area contributed by atoms with E-state index in [0.29, 0.717) is 0 Å². The van der Waals surface area contributed by atoms with Crippen LogP contribution in [-0.4, -0.2) is 21.8 Å². The van der Waals surface area contributed by atoms with E-state index in [1.54, 1.807) is 12.4 Å². The first kappa shape index (κ1) is 13.5. The van der Waals surface area contributed by atoms with Gasteiger partial charge in [-0.05, 0) is 36.9 Å². The smallest absolute Gasteiger partial charge is 0.141 e. The summed E-state index contributed by atoms with van der Waals surface area (Å²) >= 11 is 0. The van der Waals surface area contributed by atoms with E-state index in [2.05, 4.69) is 15.4 Å². The van der Waals surface area contributed by atoms with Crippen LogP contribution in [0, 0.1) is 5.82 Å². The van der Waals surface area contributed by atoms with E-state index < -0.39 is 0 Å². The number of nitrogens with zero attached hydrogens (tertiary/aromatic N) is 3. The van der Waals surface area contributed by atoms with Crippen molar-refractivity contribution in [2.75, 3.05) is 7.05 Å². The van der Waals surface area contributed by atoms with Crippen LogP contribution in [0.2, 0.25) is 0 Å². The summed E-state index contributed by atoms with van der Waals surface area (Å²) in [5, 5.41) is 7.56. The van der Waals surface area contributed by atoms with Crippen molar-refractivity contribution in [2.24, 2.45) is 0 Å². The van der Waals surface area contributed by atoms with Crippen molar-refractivity contribution in [3.63, 3.8) is 0 Å². The van der Waals surface area contributed by atoms with Gasteiger partial charge in [0.15, 0.2) is 0 Å². The molecule has 2 aromatic heterocycles. The second-order valence-electron chi connectivity index (χ2n) is 4.66. The molecular formula is C16H15FN4. The lowest BCUT2D eigenvalue weighted by atomic mass is 10.1. The average Bonchev–Trinajstić information content (AvgIpc) is 2.98. The van der Waals surface area contributed by atoms with Crippen molar-refractivity contribution in [3.05, 3.63) is 78.1 Å². The maximum Gasteiger partial charge on any atom is 0.141 e. The molecule has 0 spiro atoms. The fourth-order valence-electron chi connectivity index (χ4n) is 2.39. The van der Waals surface area contributed by atoms with Gasteiger partial charge in [0.05, 0.1) is 23.6 Å². The summed E-state index contributed by atoms with van der Waals surface area (Å²) in [5.74, 6) is -0.349. The number of pyridine rings is 1. The van der Waals surface area contributed by atoms with Crippen LogP contribution in [0.15, 0.2) is 61.1 Å². The van der Waals surface area contributed by atoms with Crippen molar-refractivity contribution in [3.8, 4) is 5.69 Å².